The van der Waals surface area contributed by atoms with Gasteiger partial charge in [0.1, 0.15) is 5.82 Å². The summed E-state index contributed by atoms with van der Waals surface area (Å²) in [6.45, 7) is 0.624. The van der Waals surface area contributed by atoms with E-state index in [1.165, 1.54) is 0 Å². The minimum atomic E-state index is -4.72. The van der Waals surface area contributed by atoms with Gasteiger partial charge in [-0.15, -0.1) is 0 Å². The summed E-state index contributed by atoms with van der Waals surface area (Å²) in [6, 6.07) is 2.52. The summed E-state index contributed by atoms with van der Waals surface area (Å²) in [6.07, 6.45) is -2.82. The second kappa shape index (κ2) is 6.10. The van der Waals surface area contributed by atoms with Gasteiger partial charge >= 0.3 is 6.18 Å². The van der Waals surface area contributed by atoms with E-state index in [-0.39, 0.29) is 18.1 Å². The van der Waals surface area contributed by atoms with Gasteiger partial charge in [0.15, 0.2) is 0 Å². The van der Waals surface area contributed by atoms with E-state index in [1.807, 2.05) is 0 Å². The molecular formula is C14H16F4O2. The Balaban J connectivity index is 2.06. The van der Waals surface area contributed by atoms with Gasteiger partial charge in [0.25, 0.3) is 0 Å². The Bertz CT molecular complexity index is 453. The van der Waals surface area contributed by atoms with Crippen LogP contribution in [0.15, 0.2) is 18.2 Å². The number of aliphatic hydroxyl groups excluding tert-OH is 1. The molecule has 1 N–H and O–H groups in total. The Morgan fingerprint density at radius 1 is 1.30 bits per heavy atom. The van der Waals surface area contributed by atoms with E-state index in [4.69, 9.17) is 4.74 Å². The van der Waals surface area contributed by atoms with Crippen LogP contribution in [0.3, 0.4) is 0 Å². The van der Waals surface area contributed by atoms with Crippen LogP contribution in [0.4, 0.5) is 17.6 Å². The number of alkyl halides is 3. The molecule has 1 aliphatic heterocycles. The minimum Gasteiger partial charge on any atom is -0.388 e. The normalized spacial score (nSPS) is 21.8. The molecule has 1 saturated heterocycles. The van der Waals surface area contributed by atoms with Crippen LogP contribution in [-0.2, 0) is 10.9 Å². The van der Waals surface area contributed by atoms with Crippen molar-refractivity contribution >= 4 is 0 Å². The Hall–Kier alpha value is -1.14. The zero-order valence-electron chi connectivity index (χ0n) is 10.8. The summed E-state index contributed by atoms with van der Waals surface area (Å²) >= 11 is 0. The van der Waals surface area contributed by atoms with Crippen LogP contribution in [0.1, 0.15) is 42.9 Å². The van der Waals surface area contributed by atoms with Gasteiger partial charge in [-0.25, -0.2) is 4.39 Å². The van der Waals surface area contributed by atoms with Gasteiger partial charge < -0.3 is 9.84 Å². The molecule has 0 saturated carbocycles. The van der Waals surface area contributed by atoms with Crippen LogP contribution < -0.4 is 0 Å². The summed E-state index contributed by atoms with van der Waals surface area (Å²) in [5, 5.41) is 9.96. The predicted molar refractivity (Wildman–Crippen MR) is 64.6 cm³/mol. The molecule has 6 heteroatoms. The Labute approximate surface area is 114 Å². The van der Waals surface area contributed by atoms with Crippen molar-refractivity contribution in [3.8, 4) is 0 Å². The first-order chi connectivity index (χ1) is 9.38. The third kappa shape index (κ3) is 3.70. The molecule has 0 aliphatic carbocycles. The molecule has 1 aliphatic rings. The summed E-state index contributed by atoms with van der Waals surface area (Å²) in [7, 11) is 0. The number of hydrogen-bond donors (Lipinski definition) is 1. The van der Waals surface area contributed by atoms with Crippen molar-refractivity contribution in [2.75, 3.05) is 6.61 Å². The van der Waals surface area contributed by atoms with Crippen molar-refractivity contribution in [2.24, 2.45) is 0 Å². The van der Waals surface area contributed by atoms with Gasteiger partial charge in [-0.3, -0.25) is 0 Å². The Morgan fingerprint density at radius 2 is 2.05 bits per heavy atom. The van der Waals surface area contributed by atoms with Gasteiger partial charge in [0.05, 0.1) is 17.8 Å². The van der Waals surface area contributed by atoms with Crippen LogP contribution in [0.2, 0.25) is 0 Å². The third-order valence-electron chi connectivity index (χ3n) is 3.44. The molecule has 1 aromatic carbocycles. The van der Waals surface area contributed by atoms with Gasteiger partial charge in [0.2, 0.25) is 0 Å². The molecule has 1 fully saturated rings. The fraction of sp³-hybridized carbons (Fsp3) is 0.571. The second-order valence-corrected chi connectivity index (χ2v) is 4.98. The average molecular weight is 292 g/mol. The van der Waals surface area contributed by atoms with E-state index in [1.54, 1.807) is 0 Å². The number of halogens is 4. The largest absolute Gasteiger partial charge is 0.419 e. The Morgan fingerprint density at radius 3 is 2.60 bits per heavy atom. The molecule has 0 spiro atoms. The highest BCUT2D eigenvalue weighted by Crippen LogP contribution is 2.33. The maximum Gasteiger partial charge on any atom is 0.419 e. The van der Waals surface area contributed by atoms with Crippen molar-refractivity contribution in [1.29, 1.82) is 0 Å². The molecule has 0 bridgehead atoms. The molecule has 0 radical (unpaired) electrons. The van der Waals surface area contributed by atoms with Crippen LogP contribution >= 0.6 is 0 Å². The zero-order valence-corrected chi connectivity index (χ0v) is 10.8. The molecule has 2 atom stereocenters. The molecule has 1 aromatic rings. The maximum atomic E-state index is 13.4. The minimum absolute atomic E-state index is 0.121. The van der Waals surface area contributed by atoms with Crippen LogP contribution in [-0.4, -0.2) is 17.8 Å². The fourth-order valence-electron chi connectivity index (χ4n) is 2.35. The van der Waals surface area contributed by atoms with Crippen molar-refractivity contribution < 1.29 is 27.4 Å². The zero-order chi connectivity index (χ0) is 14.8. The summed E-state index contributed by atoms with van der Waals surface area (Å²) in [4.78, 5) is 0. The van der Waals surface area contributed by atoms with Crippen molar-refractivity contribution in [3.63, 3.8) is 0 Å². The highest BCUT2D eigenvalue weighted by molar-refractivity contribution is 5.27. The van der Waals surface area contributed by atoms with Crippen LogP contribution in [0.5, 0.6) is 0 Å². The summed E-state index contributed by atoms with van der Waals surface area (Å²) in [5.41, 5.74) is -1.17. The first kappa shape index (κ1) is 15.3. The summed E-state index contributed by atoms with van der Waals surface area (Å²) < 4.78 is 56.2. The standard InChI is InChI=1S/C14H16F4O2/c15-12-7-9(4-5-11(12)14(16,17)18)13(19)8-10-3-1-2-6-20-10/h4-5,7,10,13,19H,1-3,6,8H2. The second-order valence-electron chi connectivity index (χ2n) is 4.98. The molecule has 2 rings (SSSR count). The quantitative estimate of drug-likeness (QED) is 0.858. The highest BCUT2D eigenvalue weighted by Gasteiger charge is 2.34. The molecule has 1 heterocycles. The lowest BCUT2D eigenvalue weighted by atomic mass is 9.98. The molecule has 2 nitrogen and oxygen atoms in total. The highest BCUT2D eigenvalue weighted by atomic mass is 19.4. The van der Waals surface area contributed by atoms with Gasteiger partial charge in [0, 0.05) is 13.0 Å². The molecule has 0 aromatic heterocycles. The SMILES string of the molecule is OC(CC1CCCCO1)c1ccc(C(F)(F)F)c(F)c1. The van der Waals surface area contributed by atoms with Gasteiger partial charge in [-0.1, -0.05) is 6.07 Å². The number of benzene rings is 1. The fourth-order valence-corrected chi connectivity index (χ4v) is 2.35. The van der Waals surface area contributed by atoms with Crippen molar-refractivity contribution in [1.82, 2.24) is 0 Å². The van der Waals surface area contributed by atoms with E-state index in [2.05, 4.69) is 0 Å². The van der Waals surface area contributed by atoms with E-state index in [9.17, 15) is 22.7 Å². The van der Waals surface area contributed by atoms with Crippen molar-refractivity contribution in [3.05, 3.63) is 35.1 Å². The molecule has 2 unspecified atom stereocenters. The first-order valence-electron chi connectivity index (χ1n) is 6.54. The monoisotopic (exact) mass is 292 g/mol. The van der Waals surface area contributed by atoms with E-state index < -0.39 is 23.7 Å². The van der Waals surface area contributed by atoms with Gasteiger partial charge in [-0.05, 0) is 37.0 Å². The van der Waals surface area contributed by atoms with Crippen molar-refractivity contribution in [2.45, 2.75) is 44.1 Å². The lowest BCUT2D eigenvalue weighted by Crippen LogP contribution is -2.21. The smallest absolute Gasteiger partial charge is 0.388 e. The number of aliphatic hydroxyl groups is 1. The molecule has 112 valence electrons. The topological polar surface area (TPSA) is 29.5 Å². The number of hydrogen-bond acceptors (Lipinski definition) is 2. The summed E-state index contributed by atoms with van der Waals surface area (Å²) in [5.74, 6) is -1.36. The molecular weight excluding hydrogens is 276 g/mol. The van der Waals surface area contributed by atoms with E-state index in [0.29, 0.717) is 12.7 Å². The lowest BCUT2D eigenvalue weighted by molar-refractivity contribution is -0.140. The van der Waals surface area contributed by atoms with Crippen LogP contribution in [0.25, 0.3) is 0 Å². The average Bonchev–Trinajstić information content (AvgIpc) is 2.38. The van der Waals surface area contributed by atoms with E-state index in [0.717, 1.165) is 31.4 Å². The predicted octanol–water partition coefficient (Wildman–Crippen LogP) is 3.84. The molecule has 0 amide bonds. The maximum absolute atomic E-state index is 13.4. The van der Waals surface area contributed by atoms with E-state index >= 15 is 0 Å². The lowest BCUT2D eigenvalue weighted by Gasteiger charge is -2.25. The number of ether oxygens (including phenoxy) is 1. The third-order valence-corrected chi connectivity index (χ3v) is 3.44. The number of rotatable bonds is 3. The first-order valence-corrected chi connectivity index (χ1v) is 6.54. The van der Waals surface area contributed by atoms with Gasteiger partial charge in [-0.2, -0.15) is 13.2 Å². The molecule has 20 heavy (non-hydrogen) atoms. The van der Waals surface area contributed by atoms with Crippen LogP contribution in [0, 0.1) is 5.82 Å². The Kier molecular flexibility index (Phi) is 4.65.